The first kappa shape index (κ1) is 15.7. The zero-order valence-corrected chi connectivity index (χ0v) is 13.3. The summed E-state index contributed by atoms with van der Waals surface area (Å²) in [7, 11) is -2.77. The van der Waals surface area contributed by atoms with Gasteiger partial charge in [0.2, 0.25) is 0 Å². The van der Waals surface area contributed by atoms with E-state index in [1.807, 2.05) is 0 Å². The maximum absolute atomic E-state index is 12.5. The Hall–Kier alpha value is -1.71. The summed E-state index contributed by atoms with van der Waals surface area (Å²) in [4.78, 5) is 14.8. The summed E-state index contributed by atoms with van der Waals surface area (Å²) in [6, 6.07) is 2.73. The van der Waals surface area contributed by atoms with E-state index in [0.717, 1.165) is 15.8 Å². The van der Waals surface area contributed by atoms with Crippen LogP contribution in [-0.4, -0.2) is 35.9 Å². The molecule has 0 bridgehead atoms. The lowest BCUT2D eigenvalue weighted by molar-refractivity contribution is 0.0697. The molecule has 2 aromatic heterocycles. The zero-order chi connectivity index (χ0) is 15.8. The van der Waals surface area contributed by atoms with Crippen molar-refractivity contribution < 1.29 is 18.3 Å². The lowest BCUT2D eigenvalue weighted by Crippen LogP contribution is -2.27. The molecule has 0 fully saturated rings. The number of carboxylic acids is 1. The molecule has 21 heavy (non-hydrogen) atoms. The third-order valence-corrected chi connectivity index (χ3v) is 6.04. The van der Waals surface area contributed by atoms with E-state index in [1.165, 1.54) is 32.3 Å². The van der Waals surface area contributed by atoms with Gasteiger partial charge in [-0.1, -0.05) is 11.6 Å². The number of carbonyl (C=O) groups is 1. The van der Waals surface area contributed by atoms with Crippen LogP contribution in [0, 0.1) is 6.92 Å². The van der Waals surface area contributed by atoms with Crippen LogP contribution in [0.15, 0.2) is 23.2 Å². The lowest BCUT2D eigenvalue weighted by atomic mass is 10.2. The van der Waals surface area contributed by atoms with E-state index < -0.39 is 16.0 Å². The van der Waals surface area contributed by atoms with Gasteiger partial charge in [-0.15, -0.1) is 0 Å². The van der Waals surface area contributed by atoms with Gasteiger partial charge in [0.15, 0.2) is 0 Å². The van der Waals surface area contributed by atoms with Crippen LogP contribution in [0.4, 0.5) is 5.00 Å². The molecule has 0 aromatic carbocycles. The summed E-state index contributed by atoms with van der Waals surface area (Å²) in [5.41, 5.74) is 0.105. The Bertz CT molecular complexity index is 804. The second kappa shape index (κ2) is 5.58. The quantitative estimate of drug-likeness (QED) is 0.849. The highest BCUT2D eigenvalue weighted by Crippen LogP contribution is 2.32. The van der Waals surface area contributed by atoms with Crippen molar-refractivity contribution in [3.63, 3.8) is 0 Å². The number of hydrogen-bond donors (Lipinski definition) is 1. The largest absolute Gasteiger partial charge is 0.478 e. The predicted octanol–water partition coefficient (Wildman–Crippen LogP) is 2.02. The van der Waals surface area contributed by atoms with Crippen LogP contribution in [0.1, 0.15) is 16.1 Å². The first-order valence-corrected chi connectivity index (χ1v) is 8.15. The van der Waals surface area contributed by atoms with E-state index in [1.54, 1.807) is 0 Å². The smallest absolute Gasteiger partial charge is 0.340 e. The van der Waals surface area contributed by atoms with E-state index in [0.29, 0.717) is 0 Å². The number of aromatic nitrogens is 2. The number of hydrogen-bond acceptors (Lipinski definition) is 6. The highest BCUT2D eigenvalue weighted by Gasteiger charge is 2.30. The Morgan fingerprint density at radius 3 is 2.71 bits per heavy atom. The molecule has 7 nitrogen and oxygen atoms in total. The van der Waals surface area contributed by atoms with Crippen molar-refractivity contribution in [2.24, 2.45) is 0 Å². The molecule has 0 atom stereocenters. The zero-order valence-electron chi connectivity index (χ0n) is 10.9. The van der Waals surface area contributed by atoms with Crippen molar-refractivity contribution in [2.45, 2.75) is 11.8 Å². The summed E-state index contributed by atoms with van der Waals surface area (Å²) < 4.78 is 29.8. The first-order chi connectivity index (χ1) is 9.76. The fourth-order valence-corrected chi connectivity index (χ4v) is 4.32. The van der Waals surface area contributed by atoms with E-state index in [2.05, 4.69) is 9.36 Å². The third kappa shape index (κ3) is 2.71. The van der Waals surface area contributed by atoms with Crippen molar-refractivity contribution in [3.05, 3.63) is 34.7 Å². The maximum atomic E-state index is 12.5. The monoisotopic (exact) mass is 347 g/mol. The van der Waals surface area contributed by atoms with Gasteiger partial charge in [-0.05, 0) is 30.6 Å². The summed E-state index contributed by atoms with van der Waals surface area (Å²) in [5.74, 6) is -1.24. The standard InChI is InChI=1S/C11H10ClN3O4S2/c1-6-8(11(16)17)10(20-14-6)15(2)21(18,19)7-4-3-5-13-9(7)12/h3-5H,1-2H3,(H,16,17). The van der Waals surface area contributed by atoms with Crippen LogP contribution in [0.2, 0.25) is 5.15 Å². The number of aromatic carboxylic acids is 1. The molecule has 0 unspecified atom stereocenters. The topological polar surface area (TPSA) is 100 Å². The number of nitrogens with zero attached hydrogens (tertiary/aromatic N) is 3. The van der Waals surface area contributed by atoms with Crippen molar-refractivity contribution in [1.82, 2.24) is 9.36 Å². The fraction of sp³-hybridized carbons (Fsp3) is 0.182. The molecule has 112 valence electrons. The van der Waals surface area contributed by atoms with E-state index in [4.69, 9.17) is 11.6 Å². The van der Waals surface area contributed by atoms with Crippen molar-refractivity contribution in [1.29, 1.82) is 0 Å². The fourth-order valence-electron chi connectivity index (χ4n) is 1.64. The first-order valence-electron chi connectivity index (χ1n) is 5.56. The number of anilines is 1. The van der Waals surface area contributed by atoms with Crippen molar-refractivity contribution in [2.75, 3.05) is 11.4 Å². The average Bonchev–Trinajstić information content (AvgIpc) is 2.80. The highest BCUT2D eigenvalue weighted by molar-refractivity contribution is 7.93. The molecule has 10 heteroatoms. The molecule has 0 aliphatic rings. The second-order valence-corrected chi connectivity index (χ2v) is 7.07. The molecule has 0 amide bonds. The lowest BCUT2D eigenvalue weighted by Gasteiger charge is -2.18. The van der Waals surface area contributed by atoms with E-state index in [-0.39, 0.29) is 26.3 Å². The molecule has 0 aliphatic carbocycles. The number of aryl methyl sites for hydroxylation is 1. The van der Waals surface area contributed by atoms with Crippen LogP contribution in [-0.2, 0) is 10.0 Å². The Balaban J connectivity index is 2.57. The summed E-state index contributed by atoms with van der Waals surface area (Å²) in [6.07, 6.45) is 1.36. The van der Waals surface area contributed by atoms with Crippen LogP contribution in [0.3, 0.4) is 0 Å². The van der Waals surface area contributed by atoms with Crippen LogP contribution < -0.4 is 4.31 Å². The number of sulfonamides is 1. The maximum Gasteiger partial charge on any atom is 0.340 e. The molecular formula is C11H10ClN3O4S2. The molecule has 0 saturated carbocycles. The van der Waals surface area contributed by atoms with Gasteiger partial charge in [-0.25, -0.2) is 18.2 Å². The summed E-state index contributed by atoms with van der Waals surface area (Å²) in [5, 5.41) is 9.02. The molecule has 2 aromatic rings. The van der Waals surface area contributed by atoms with Gasteiger partial charge < -0.3 is 5.11 Å². The van der Waals surface area contributed by atoms with Crippen molar-refractivity contribution >= 4 is 44.1 Å². The minimum Gasteiger partial charge on any atom is -0.478 e. The Labute approximate surface area is 130 Å². The average molecular weight is 348 g/mol. The predicted molar refractivity (Wildman–Crippen MR) is 78.6 cm³/mol. The van der Waals surface area contributed by atoms with Gasteiger partial charge in [0, 0.05) is 13.2 Å². The normalized spacial score (nSPS) is 11.4. The second-order valence-electron chi connectivity index (χ2n) is 4.02. The van der Waals surface area contributed by atoms with E-state index in [9.17, 15) is 18.3 Å². The number of halogens is 1. The molecule has 0 saturated heterocycles. The van der Waals surface area contributed by atoms with Crippen molar-refractivity contribution in [3.8, 4) is 0 Å². The van der Waals surface area contributed by atoms with Gasteiger partial charge in [-0.2, -0.15) is 4.37 Å². The van der Waals surface area contributed by atoms with Gasteiger partial charge in [0.05, 0.1) is 5.69 Å². The molecular weight excluding hydrogens is 338 g/mol. The van der Waals surface area contributed by atoms with Gasteiger partial charge in [-0.3, -0.25) is 4.31 Å². The SMILES string of the molecule is Cc1nsc(N(C)S(=O)(=O)c2cccnc2Cl)c1C(=O)O. The van der Waals surface area contributed by atoms with E-state index >= 15 is 0 Å². The minimum atomic E-state index is -4.02. The van der Waals surface area contributed by atoms with Gasteiger partial charge >= 0.3 is 5.97 Å². The summed E-state index contributed by atoms with van der Waals surface area (Å²) in [6.45, 7) is 1.50. The molecule has 0 aliphatic heterocycles. The Morgan fingerprint density at radius 2 is 2.14 bits per heavy atom. The van der Waals surface area contributed by atoms with Crippen LogP contribution in [0.25, 0.3) is 0 Å². The summed E-state index contributed by atoms with van der Waals surface area (Å²) >= 11 is 6.59. The highest BCUT2D eigenvalue weighted by atomic mass is 35.5. The Morgan fingerprint density at radius 1 is 1.48 bits per heavy atom. The van der Waals surface area contributed by atoms with Gasteiger partial charge in [0.1, 0.15) is 20.6 Å². The number of pyridine rings is 1. The van der Waals surface area contributed by atoms with Gasteiger partial charge in [0.25, 0.3) is 10.0 Å². The van der Waals surface area contributed by atoms with Crippen LogP contribution >= 0.6 is 23.1 Å². The minimum absolute atomic E-state index is 0.0138. The molecule has 1 N–H and O–H groups in total. The number of carboxylic acid groups (broad SMARTS) is 1. The molecule has 0 radical (unpaired) electrons. The third-order valence-electron chi connectivity index (χ3n) is 2.71. The molecule has 2 rings (SSSR count). The Kier molecular flexibility index (Phi) is 4.17. The number of rotatable bonds is 4. The van der Waals surface area contributed by atoms with Crippen LogP contribution in [0.5, 0.6) is 0 Å². The molecule has 2 heterocycles. The molecule has 0 spiro atoms.